The molecule has 0 fully saturated rings. The number of aromatic nitrogens is 2. The molecule has 84 valence electrons. The molecule has 2 rings (SSSR count). The molecule has 2 aromatic rings. The zero-order valence-electron chi connectivity index (χ0n) is 8.48. The topological polar surface area (TPSA) is 61.6 Å². The Bertz CT molecular complexity index is 594. The molecule has 1 aromatic carbocycles. The maximum atomic E-state index is 8.89. The molecule has 0 amide bonds. The van der Waals surface area contributed by atoms with Gasteiger partial charge in [-0.15, -0.1) is 0 Å². The molecule has 0 saturated carbocycles. The Hall–Kier alpha value is -1.64. The minimum absolute atomic E-state index is 0.236. The number of hydrogen-bond acceptors (Lipinski definition) is 4. The van der Waals surface area contributed by atoms with Crippen LogP contribution in [-0.2, 0) is 0 Å². The summed E-state index contributed by atoms with van der Waals surface area (Å²) < 4.78 is 0.719. The largest absolute Gasteiger partial charge is 0.337 e. The van der Waals surface area contributed by atoms with Gasteiger partial charge in [0, 0.05) is 12.4 Å². The second-order valence-electron chi connectivity index (χ2n) is 3.09. The van der Waals surface area contributed by atoms with Gasteiger partial charge in [-0.05, 0) is 28.1 Å². The van der Waals surface area contributed by atoms with Gasteiger partial charge >= 0.3 is 0 Å². The molecular weight excluding hydrogens is 304 g/mol. The van der Waals surface area contributed by atoms with Crippen LogP contribution in [0.4, 0.5) is 11.5 Å². The van der Waals surface area contributed by atoms with Crippen molar-refractivity contribution in [1.82, 2.24) is 9.97 Å². The molecule has 0 radical (unpaired) electrons. The molecule has 1 N–H and O–H groups in total. The molecule has 1 aromatic heterocycles. The van der Waals surface area contributed by atoms with Crippen LogP contribution in [0.2, 0.25) is 5.02 Å². The van der Waals surface area contributed by atoms with E-state index in [0.29, 0.717) is 10.8 Å². The van der Waals surface area contributed by atoms with Crippen LogP contribution in [0, 0.1) is 11.3 Å². The minimum Gasteiger partial charge on any atom is -0.337 e. The lowest BCUT2D eigenvalue weighted by atomic mass is 10.3. The van der Waals surface area contributed by atoms with Gasteiger partial charge in [-0.1, -0.05) is 17.7 Å². The van der Waals surface area contributed by atoms with E-state index in [9.17, 15) is 0 Å². The van der Waals surface area contributed by atoms with Gasteiger partial charge in [-0.25, -0.2) is 9.97 Å². The molecular formula is C11H6BrClN4. The van der Waals surface area contributed by atoms with Gasteiger partial charge in [0.15, 0.2) is 11.5 Å². The van der Waals surface area contributed by atoms with Crippen LogP contribution in [0.25, 0.3) is 0 Å². The van der Waals surface area contributed by atoms with Crippen LogP contribution in [0.3, 0.4) is 0 Å². The van der Waals surface area contributed by atoms with Gasteiger partial charge in [0.25, 0.3) is 0 Å². The summed E-state index contributed by atoms with van der Waals surface area (Å²) in [6.45, 7) is 0. The maximum absolute atomic E-state index is 8.89. The normalized spacial score (nSPS) is 9.71. The fraction of sp³-hybridized carbons (Fsp3) is 0. The quantitative estimate of drug-likeness (QED) is 0.922. The fourth-order valence-corrected chi connectivity index (χ4v) is 1.78. The van der Waals surface area contributed by atoms with Crippen molar-refractivity contribution < 1.29 is 0 Å². The van der Waals surface area contributed by atoms with Crippen molar-refractivity contribution in [1.29, 1.82) is 5.26 Å². The van der Waals surface area contributed by atoms with Crippen LogP contribution in [0.15, 0.2) is 35.1 Å². The molecule has 0 atom stereocenters. The van der Waals surface area contributed by atoms with Gasteiger partial charge in [0.05, 0.1) is 15.2 Å². The van der Waals surface area contributed by atoms with Crippen molar-refractivity contribution in [3.63, 3.8) is 0 Å². The molecule has 0 aliphatic heterocycles. The average molecular weight is 310 g/mol. The molecule has 0 spiro atoms. The fourth-order valence-electron chi connectivity index (χ4n) is 1.24. The van der Waals surface area contributed by atoms with E-state index in [-0.39, 0.29) is 5.69 Å². The lowest BCUT2D eigenvalue weighted by molar-refractivity contribution is 1.16. The van der Waals surface area contributed by atoms with Gasteiger partial charge in [0.2, 0.25) is 0 Å². The molecule has 0 aliphatic carbocycles. The van der Waals surface area contributed by atoms with E-state index in [2.05, 4.69) is 31.2 Å². The average Bonchev–Trinajstić information content (AvgIpc) is 2.35. The van der Waals surface area contributed by atoms with Crippen LogP contribution in [0.5, 0.6) is 0 Å². The second kappa shape index (κ2) is 5.13. The van der Waals surface area contributed by atoms with Crippen molar-refractivity contribution in [2.75, 3.05) is 5.32 Å². The number of benzene rings is 1. The first-order chi connectivity index (χ1) is 8.22. The Balaban J connectivity index is 2.39. The predicted octanol–water partition coefficient (Wildman–Crippen LogP) is 3.51. The Morgan fingerprint density at radius 1 is 1.29 bits per heavy atom. The second-order valence-corrected chi connectivity index (χ2v) is 4.29. The number of rotatable bonds is 2. The number of nitrogens with one attached hydrogen (secondary N) is 1. The zero-order valence-corrected chi connectivity index (χ0v) is 10.8. The summed E-state index contributed by atoms with van der Waals surface area (Å²) in [5.41, 5.74) is 0.967. The lowest BCUT2D eigenvalue weighted by Crippen LogP contribution is -1.99. The highest BCUT2D eigenvalue weighted by Gasteiger charge is 2.08. The molecule has 0 unspecified atom stereocenters. The first-order valence-electron chi connectivity index (χ1n) is 4.64. The van der Waals surface area contributed by atoms with E-state index in [4.69, 9.17) is 16.9 Å². The van der Waals surface area contributed by atoms with E-state index >= 15 is 0 Å². The van der Waals surface area contributed by atoms with Crippen molar-refractivity contribution in [2.24, 2.45) is 0 Å². The monoisotopic (exact) mass is 308 g/mol. The third kappa shape index (κ3) is 2.54. The Morgan fingerprint density at radius 3 is 2.82 bits per heavy atom. The first kappa shape index (κ1) is 11.8. The molecule has 4 nitrogen and oxygen atoms in total. The number of hydrogen-bond donors (Lipinski definition) is 1. The number of nitriles is 1. The van der Waals surface area contributed by atoms with Crippen molar-refractivity contribution in [3.05, 3.63) is 45.8 Å². The van der Waals surface area contributed by atoms with E-state index in [1.165, 1.54) is 12.4 Å². The van der Waals surface area contributed by atoms with E-state index in [0.717, 1.165) is 10.2 Å². The Labute approximate surface area is 111 Å². The molecule has 6 heteroatoms. The number of nitrogens with zero attached hydrogens (tertiary/aromatic N) is 3. The van der Waals surface area contributed by atoms with Crippen LogP contribution in [0.1, 0.15) is 5.69 Å². The third-order valence-corrected chi connectivity index (χ3v) is 3.41. The maximum Gasteiger partial charge on any atom is 0.183 e. The summed E-state index contributed by atoms with van der Waals surface area (Å²) in [6.07, 6.45) is 2.98. The SMILES string of the molecule is N#Cc1nccnc1Nc1cccc(Cl)c1Br. The highest BCUT2D eigenvalue weighted by Crippen LogP contribution is 2.31. The summed E-state index contributed by atoms with van der Waals surface area (Å²) in [5.74, 6) is 0.401. The molecule has 0 bridgehead atoms. The molecule has 0 aliphatic rings. The zero-order chi connectivity index (χ0) is 12.3. The first-order valence-corrected chi connectivity index (χ1v) is 5.81. The van der Waals surface area contributed by atoms with Crippen molar-refractivity contribution >= 4 is 39.0 Å². The van der Waals surface area contributed by atoms with Crippen molar-refractivity contribution in [2.45, 2.75) is 0 Å². The van der Waals surface area contributed by atoms with Gasteiger partial charge in [-0.3, -0.25) is 0 Å². The number of anilines is 2. The van der Waals surface area contributed by atoms with Gasteiger partial charge in [-0.2, -0.15) is 5.26 Å². The van der Waals surface area contributed by atoms with Crippen molar-refractivity contribution in [3.8, 4) is 6.07 Å². The highest BCUT2D eigenvalue weighted by molar-refractivity contribution is 9.10. The summed E-state index contributed by atoms with van der Waals surface area (Å²) in [4.78, 5) is 7.97. The standard InChI is InChI=1S/C11H6BrClN4/c12-10-7(13)2-1-3-8(10)17-11-9(6-14)15-4-5-16-11/h1-5H,(H,16,17). The summed E-state index contributed by atoms with van der Waals surface area (Å²) in [5, 5.41) is 12.5. The third-order valence-electron chi connectivity index (χ3n) is 2.01. The van der Waals surface area contributed by atoms with E-state index in [1.54, 1.807) is 12.1 Å². The Morgan fingerprint density at radius 2 is 2.06 bits per heavy atom. The smallest absolute Gasteiger partial charge is 0.183 e. The van der Waals surface area contributed by atoms with E-state index < -0.39 is 0 Å². The molecule has 0 saturated heterocycles. The summed E-state index contributed by atoms with van der Waals surface area (Å²) in [7, 11) is 0. The summed E-state index contributed by atoms with van der Waals surface area (Å²) >= 11 is 9.32. The van der Waals surface area contributed by atoms with Crippen LogP contribution < -0.4 is 5.32 Å². The lowest BCUT2D eigenvalue weighted by Gasteiger charge is -2.08. The van der Waals surface area contributed by atoms with Gasteiger partial charge < -0.3 is 5.32 Å². The van der Waals surface area contributed by atoms with Gasteiger partial charge in [0.1, 0.15) is 6.07 Å². The predicted molar refractivity (Wildman–Crippen MR) is 69.2 cm³/mol. The highest BCUT2D eigenvalue weighted by atomic mass is 79.9. The molecule has 17 heavy (non-hydrogen) atoms. The van der Waals surface area contributed by atoms with E-state index in [1.807, 2.05) is 12.1 Å². The van der Waals surface area contributed by atoms with Crippen LogP contribution in [-0.4, -0.2) is 9.97 Å². The number of halogens is 2. The summed E-state index contributed by atoms with van der Waals surface area (Å²) in [6, 6.07) is 7.36. The minimum atomic E-state index is 0.236. The Kier molecular flexibility index (Phi) is 3.57. The molecule has 1 heterocycles. The van der Waals surface area contributed by atoms with Crippen LogP contribution >= 0.6 is 27.5 Å².